The Morgan fingerprint density at radius 2 is 2.00 bits per heavy atom. The van der Waals surface area contributed by atoms with Gasteiger partial charge in [0.15, 0.2) is 0 Å². The van der Waals surface area contributed by atoms with Gasteiger partial charge in [0.05, 0.1) is 18.2 Å². The summed E-state index contributed by atoms with van der Waals surface area (Å²) in [5.74, 6) is 0. The van der Waals surface area contributed by atoms with Crippen molar-refractivity contribution in [1.82, 2.24) is 5.32 Å². The van der Waals surface area contributed by atoms with E-state index in [1.807, 2.05) is 24.4 Å². The van der Waals surface area contributed by atoms with Crippen LogP contribution in [0.1, 0.15) is 29.5 Å². The summed E-state index contributed by atoms with van der Waals surface area (Å²) in [6, 6.07) is 14.9. The van der Waals surface area contributed by atoms with Crippen molar-refractivity contribution in [1.29, 1.82) is 5.26 Å². The van der Waals surface area contributed by atoms with Crippen LogP contribution in [0.15, 0.2) is 41.4 Å². The van der Waals surface area contributed by atoms with E-state index in [2.05, 4.69) is 39.9 Å². The molecule has 0 atom stereocenters. The molecule has 2 aromatic rings. The Morgan fingerprint density at radius 1 is 1.12 bits per heavy atom. The molecule has 120 valence electrons. The molecule has 0 unspecified atom stereocenters. The van der Waals surface area contributed by atoms with Crippen LogP contribution in [0.25, 0.3) is 11.1 Å². The Morgan fingerprint density at radius 3 is 2.83 bits per heavy atom. The number of aliphatic imine (C=N–C) groups is 1. The molecule has 1 saturated heterocycles. The quantitative estimate of drug-likeness (QED) is 0.913. The topological polar surface area (TPSA) is 60.2 Å². The second-order valence-electron chi connectivity index (χ2n) is 6.42. The Kier molecular flexibility index (Phi) is 4.02. The highest BCUT2D eigenvalue weighted by Gasteiger charge is 2.18. The van der Waals surface area contributed by atoms with Crippen molar-refractivity contribution in [3.05, 3.63) is 53.1 Å². The molecule has 0 radical (unpaired) electrons. The minimum Gasteiger partial charge on any atom is -0.382 e. The summed E-state index contributed by atoms with van der Waals surface area (Å²) in [4.78, 5) is 4.44. The molecule has 4 rings (SSSR count). The van der Waals surface area contributed by atoms with E-state index in [0.29, 0.717) is 11.6 Å². The lowest BCUT2D eigenvalue weighted by Crippen LogP contribution is -2.35. The molecule has 2 N–H and O–H groups in total. The van der Waals surface area contributed by atoms with Gasteiger partial charge in [-0.3, -0.25) is 4.99 Å². The fourth-order valence-corrected chi connectivity index (χ4v) is 3.47. The third kappa shape index (κ3) is 2.91. The van der Waals surface area contributed by atoms with Gasteiger partial charge >= 0.3 is 0 Å². The van der Waals surface area contributed by atoms with E-state index in [1.54, 1.807) is 0 Å². The number of nitriles is 1. The van der Waals surface area contributed by atoms with Crippen LogP contribution in [0.5, 0.6) is 0 Å². The summed E-state index contributed by atoms with van der Waals surface area (Å²) in [7, 11) is 0. The summed E-state index contributed by atoms with van der Waals surface area (Å²) >= 11 is 0. The van der Waals surface area contributed by atoms with Crippen LogP contribution in [-0.4, -0.2) is 25.3 Å². The predicted octanol–water partition coefficient (Wildman–Crippen LogP) is 3.32. The molecule has 4 nitrogen and oxygen atoms in total. The lowest BCUT2D eigenvalue weighted by Gasteiger charge is -2.26. The third-order valence-electron chi connectivity index (χ3n) is 4.79. The van der Waals surface area contributed by atoms with Crippen LogP contribution in [-0.2, 0) is 6.54 Å². The van der Waals surface area contributed by atoms with Gasteiger partial charge in [-0.25, -0.2) is 0 Å². The number of benzene rings is 2. The first-order valence-electron chi connectivity index (χ1n) is 8.48. The first kappa shape index (κ1) is 14.9. The Balaban J connectivity index is 1.71. The van der Waals surface area contributed by atoms with Crippen molar-refractivity contribution >= 4 is 11.9 Å². The lowest BCUT2D eigenvalue weighted by atomic mass is 9.96. The first-order valence-corrected chi connectivity index (χ1v) is 8.48. The van der Waals surface area contributed by atoms with E-state index in [9.17, 15) is 0 Å². The molecule has 24 heavy (non-hydrogen) atoms. The summed E-state index contributed by atoms with van der Waals surface area (Å²) < 4.78 is 0. The van der Waals surface area contributed by atoms with Crippen LogP contribution in [0, 0.1) is 11.3 Å². The minimum absolute atomic E-state index is 0.511. The Labute approximate surface area is 142 Å². The third-order valence-corrected chi connectivity index (χ3v) is 4.79. The van der Waals surface area contributed by atoms with Gasteiger partial charge in [-0.05, 0) is 61.3 Å². The van der Waals surface area contributed by atoms with Crippen LogP contribution < -0.4 is 10.6 Å². The van der Waals surface area contributed by atoms with Gasteiger partial charge in [-0.1, -0.05) is 12.1 Å². The molecule has 2 aromatic carbocycles. The zero-order chi connectivity index (χ0) is 16.4. The Hall–Kier alpha value is -2.64. The average Bonchev–Trinajstić information content (AvgIpc) is 3.11. The van der Waals surface area contributed by atoms with E-state index in [0.717, 1.165) is 43.6 Å². The maximum Gasteiger partial charge on any atom is 0.0991 e. The standard InChI is InChI=1S/C20H20N4/c21-11-14-2-1-3-15(8-14)16-9-17-12-23-13-19(17)20(10-16)24-18-4-6-22-7-5-18/h1-3,8-10,12,18,22,24H,4-7,13H2. The van der Waals surface area contributed by atoms with Crippen molar-refractivity contribution in [2.45, 2.75) is 25.4 Å². The number of hydrogen-bond acceptors (Lipinski definition) is 4. The molecule has 2 aliphatic heterocycles. The monoisotopic (exact) mass is 316 g/mol. The van der Waals surface area contributed by atoms with Gasteiger partial charge < -0.3 is 10.6 Å². The molecular weight excluding hydrogens is 296 g/mol. The number of rotatable bonds is 3. The molecule has 0 amide bonds. The zero-order valence-corrected chi connectivity index (χ0v) is 13.5. The van der Waals surface area contributed by atoms with Gasteiger partial charge in [0.1, 0.15) is 0 Å². The Bertz CT molecular complexity index is 826. The SMILES string of the molecule is N#Cc1cccc(-c2cc3c(c(NC4CCNCC4)c2)CN=C3)c1. The molecule has 0 saturated carbocycles. The van der Waals surface area contributed by atoms with Gasteiger partial charge in [-0.15, -0.1) is 0 Å². The first-order chi connectivity index (χ1) is 11.8. The van der Waals surface area contributed by atoms with E-state index < -0.39 is 0 Å². The molecule has 0 aliphatic carbocycles. The molecular formula is C20H20N4. The van der Waals surface area contributed by atoms with E-state index in [4.69, 9.17) is 5.26 Å². The zero-order valence-electron chi connectivity index (χ0n) is 13.5. The van der Waals surface area contributed by atoms with E-state index in [1.165, 1.54) is 16.8 Å². The van der Waals surface area contributed by atoms with Crippen molar-refractivity contribution < 1.29 is 0 Å². The average molecular weight is 316 g/mol. The van der Waals surface area contributed by atoms with Crippen molar-refractivity contribution in [3.63, 3.8) is 0 Å². The summed E-state index contributed by atoms with van der Waals surface area (Å²) in [5.41, 5.74) is 6.56. The number of piperidine rings is 1. The number of fused-ring (bicyclic) bond motifs is 1. The molecule has 1 fully saturated rings. The maximum absolute atomic E-state index is 9.15. The fraction of sp³-hybridized carbons (Fsp3) is 0.300. The van der Waals surface area contributed by atoms with Crippen LogP contribution in [0.2, 0.25) is 0 Å². The number of nitrogens with zero attached hydrogens (tertiary/aromatic N) is 2. The molecule has 2 aliphatic rings. The molecule has 0 aromatic heterocycles. The molecule has 2 heterocycles. The second kappa shape index (κ2) is 6.46. The van der Waals surface area contributed by atoms with Gasteiger partial charge in [0, 0.05) is 29.1 Å². The van der Waals surface area contributed by atoms with Gasteiger partial charge in [0.25, 0.3) is 0 Å². The number of hydrogen-bond donors (Lipinski definition) is 2. The number of nitrogens with one attached hydrogen (secondary N) is 2. The van der Waals surface area contributed by atoms with Gasteiger partial charge in [-0.2, -0.15) is 5.26 Å². The van der Waals surface area contributed by atoms with Crippen LogP contribution >= 0.6 is 0 Å². The second-order valence-corrected chi connectivity index (χ2v) is 6.42. The fourth-order valence-electron chi connectivity index (χ4n) is 3.47. The highest BCUT2D eigenvalue weighted by atomic mass is 15.0. The highest BCUT2D eigenvalue weighted by molar-refractivity contribution is 5.90. The van der Waals surface area contributed by atoms with Crippen LogP contribution in [0.4, 0.5) is 5.69 Å². The van der Waals surface area contributed by atoms with Crippen molar-refractivity contribution in [2.24, 2.45) is 4.99 Å². The van der Waals surface area contributed by atoms with Crippen molar-refractivity contribution in [3.8, 4) is 17.2 Å². The van der Waals surface area contributed by atoms with Gasteiger partial charge in [0.2, 0.25) is 0 Å². The van der Waals surface area contributed by atoms with E-state index >= 15 is 0 Å². The summed E-state index contributed by atoms with van der Waals surface area (Å²) in [6.07, 6.45) is 4.24. The highest BCUT2D eigenvalue weighted by Crippen LogP contribution is 2.32. The smallest absolute Gasteiger partial charge is 0.0991 e. The predicted molar refractivity (Wildman–Crippen MR) is 97.4 cm³/mol. The largest absolute Gasteiger partial charge is 0.382 e. The number of anilines is 1. The normalized spacial score (nSPS) is 16.6. The van der Waals surface area contributed by atoms with Crippen LogP contribution in [0.3, 0.4) is 0 Å². The molecule has 4 heteroatoms. The summed E-state index contributed by atoms with van der Waals surface area (Å²) in [5, 5.41) is 16.3. The lowest BCUT2D eigenvalue weighted by molar-refractivity contribution is 0.479. The van der Waals surface area contributed by atoms with Crippen molar-refractivity contribution in [2.75, 3.05) is 18.4 Å². The minimum atomic E-state index is 0.511. The molecule has 0 spiro atoms. The van der Waals surface area contributed by atoms with E-state index in [-0.39, 0.29) is 0 Å². The summed E-state index contributed by atoms with van der Waals surface area (Å²) in [6.45, 7) is 2.89. The maximum atomic E-state index is 9.15. The molecule has 0 bridgehead atoms.